The third kappa shape index (κ3) is 9.50. The largest absolute Gasteiger partial charge is 0.495 e. The second kappa shape index (κ2) is 16.2. The van der Waals surface area contributed by atoms with Crippen LogP contribution in [0.25, 0.3) is 0 Å². The molecule has 0 radical (unpaired) electrons. The first kappa shape index (κ1) is 35.8. The molecule has 248 valence electrons. The number of nitrogens with zero attached hydrogens (tertiary/aromatic N) is 2. The normalized spacial score (nSPS) is 12.0. The van der Waals surface area contributed by atoms with Gasteiger partial charge in [0.1, 0.15) is 18.3 Å². The van der Waals surface area contributed by atoms with E-state index >= 15 is 0 Å². The smallest absolute Gasteiger partial charge is 0.264 e. The first-order valence-electron chi connectivity index (χ1n) is 15.2. The van der Waals surface area contributed by atoms with Crippen molar-refractivity contribution in [1.29, 1.82) is 0 Å². The zero-order valence-corrected chi connectivity index (χ0v) is 29.1. The Morgan fingerprint density at radius 3 is 2.13 bits per heavy atom. The molecule has 1 atom stereocenters. The topological polar surface area (TPSA) is 96.0 Å². The minimum Gasteiger partial charge on any atom is -0.495 e. The molecule has 0 unspecified atom stereocenters. The molecule has 4 aromatic carbocycles. The average molecular weight is 697 g/mol. The lowest BCUT2D eigenvalue weighted by Crippen LogP contribution is -2.53. The monoisotopic (exact) mass is 695 g/mol. The number of sulfonamides is 1. The second-order valence-corrected chi connectivity index (χ2v) is 14.3. The summed E-state index contributed by atoms with van der Waals surface area (Å²) in [5, 5.41) is 3.68. The Balaban J connectivity index is 1.82. The Labute approximate surface area is 287 Å². The van der Waals surface area contributed by atoms with Gasteiger partial charge >= 0.3 is 0 Å². The molecule has 0 heterocycles. The van der Waals surface area contributed by atoms with Crippen LogP contribution in [-0.4, -0.2) is 51.4 Å². The van der Waals surface area contributed by atoms with Gasteiger partial charge in [-0.1, -0.05) is 97.2 Å². The number of benzene rings is 4. The summed E-state index contributed by atoms with van der Waals surface area (Å²) in [6.07, 6.45) is 0.211. The van der Waals surface area contributed by atoms with Crippen LogP contribution >= 0.6 is 23.2 Å². The van der Waals surface area contributed by atoms with E-state index in [0.717, 1.165) is 21.0 Å². The van der Waals surface area contributed by atoms with Crippen LogP contribution in [0.1, 0.15) is 30.5 Å². The van der Waals surface area contributed by atoms with Crippen LogP contribution in [-0.2, 0) is 32.6 Å². The van der Waals surface area contributed by atoms with Crippen LogP contribution < -0.4 is 14.4 Å². The molecule has 0 spiro atoms. The molecule has 0 aromatic heterocycles. The maximum absolute atomic E-state index is 14.6. The number of methoxy groups -OCH3 is 1. The van der Waals surface area contributed by atoms with Crippen LogP contribution in [0.5, 0.6) is 5.75 Å². The Kier molecular flexibility index (Phi) is 12.3. The van der Waals surface area contributed by atoms with E-state index < -0.39 is 28.5 Å². The SMILES string of the molecule is COc1ccc(N(CC(=O)N(Cc2ccc(Cl)cc2)[C@@H](Cc2ccccc2)C(=O)NCC(C)C)S(=O)(=O)c2ccc(C)cc2)cc1Cl. The summed E-state index contributed by atoms with van der Waals surface area (Å²) in [6, 6.07) is 26.3. The molecule has 0 saturated carbocycles. The van der Waals surface area contributed by atoms with Gasteiger partial charge in [-0.05, 0) is 66.4 Å². The van der Waals surface area contributed by atoms with Gasteiger partial charge in [-0.3, -0.25) is 13.9 Å². The summed E-state index contributed by atoms with van der Waals surface area (Å²) in [4.78, 5) is 29.9. The summed E-state index contributed by atoms with van der Waals surface area (Å²) < 4.78 is 34.7. The third-order valence-electron chi connectivity index (χ3n) is 7.53. The van der Waals surface area contributed by atoms with Crippen molar-refractivity contribution in [2.75, 3.05) is 24.5 Å². The van der Waals surface area contributed by atoms with E-state index in [1.165, 1.54) is 36.3 Å². The lowest BCUT2D eigenvalue weighted by Gasteiger charge is -2.34. The van der Waals surface area contributed by atoms with Crippen molar-refractivity contribution in [1.82, 2.24) is 10.2 Å². The lowest BCUT2D eigenvalue weighted by molar-refractivity contribution is -0.140. The van der Waals surface area contributed by atoms with E-state index in [2.05, 4.69) is 5.32 Å². The first-order valence-corrected chi connectivity index (χ1v) is 17.4. The highest BCUT2D eigenvalue weighted by Crippen LogP contribution is 2.32. The van der Waals surface area contributed by atoms with Gasteiger partial charge in [0.05, 0.1) is 22.7 Å². The molecule has 47 heavy (non-hydrogen) atoms. The maximum Gasteiger partial charge on any atom is 0.264 e. The predicted octanol–water partition coefficient (Wildman–Crippen LogP) is 6.92. The molecule has 8 nitrogen and oxygen atoms in total. The summed E-state index contributed by atoms with van der Waals surface area (Å²) in [7, 11) is -2.82. The van der Waals surface area contributed by atoms with Gasteiger partial charge in [-0.2, -0.15) is 0 Å². The number of ether oxygens (including phenoxy) is 1. The number of carbonyl (C=O) groups excluding carboxylic acids is 2. The molecule has 0 aliphatic carbocycles. The van der Waals surface area contributed by atoms with Crippen molar-refractivity contribution >= 4 is 50.7 Å². The Bertz CT molecular complexity index is 1770. The number of nitrogens with one attached hydrogen (secondary N) is 1. The van der Waals surface area contributed by atoms with Crippen molar-refractivity contribution < 1.29 is 22.7 Å². The Hall–Kier alpha value is -4.05. The van der Waals surface area contributed by atoms with E-state index in [1.807, 2.05) is 51.1 Å². The standard InChI is InChI=1S/C36H39Cl2N3O5S/c1-25(2)22-39-36(43)33(20-27-8-6-5-7-9-27)40(23-28-12-14-29(37)15-13-28)35(42)24-41(30-16-19-34(46-4)32(38)21-30)47(44,45)31-17-10-26(3)11-18-31/h5-19,21,25,33H,20,22-24H2,1-4H3,(H,39,43)/t33-/m0/s1. The van der Waals surface area contributed by atoms with Gasteiger partial charge in [0, 0.05) is 24.5 Å². The fourth-order valence-electron chi connectivity index (χ4n) is 4.94. The van der Waals surface area contributed by atoms with Gasteiger partial charge in [0.2, 0.25) is 11.8 Å². The van der Waals surface area contributed by atoms with E-state index in [4.69, 9.17) is 27.9 Å². The van der Waals surface area contributed by atoms with Crippen molar-refractivity contribution in [2.45, 2.75) is 44.7 Å². The van der Waals surface area contributed by atoms with Gasteiger partial charge in [-0.25, -0.2) is 8.42 Å². The highest BCUT2D eigenvalue weighted by atomic mass is 35.5. The fourth-order valence-corrected chi connectivity index (χ4v) is 6.72. The number of hydrogen-bond acceptors (Lipinski definition) is 5. The van der Waals surface area contributed by atoms with E-state index in [-0.39, 0.29) is 40.4 Å². The first-order chi connectivity index (χ1) is 22.4. The van der Waals surface area contributed by atoms with Gasteiger partial charge in [-0.15, -0.1) is 0 Å². The van der Waals surface area contributed by atoms with Crippen LogP contribution in [0.3, 0.4) is 0 Å². The highest BCUT2D eigenvalue weighted by Gasteiger charge is 2.35. The summed E-state index contributed by atoms with van der Waals surface area (Å²) in [6.45, 7) is 5.66. The second-order valence-electron chi connectivity index (χ2n) is 11.6. The number of hydrogen-bond donors (Lipinski definition) is 1. The zero-order valence-electron chi connectivity index (χ0n) is 26.8. The van der Waals surface area contributed by atoms with Crippen molar-refractivity contribution in [3.63, 3.8) is 0 Å². The number of anilines is 1. The van der Waals surface area contributed by atoms with Crippen LogP contribution in [0.2, 0.25) is 10.0 Å². The Morgan fingerprint density at radius 1 is 0.872 bits per heavy atom. The third-order valence-corrected chi connectivity index (χ3v) is 9.87. The minimum absolute atomic E-state index is 0.00241. The molecular formula is C36H39Cl2N3O5S. The molecule has 4 rings (SSSR count). The van der Waals surface area contributed by atoms with E-state index in [9.17, 15) is 18.0 Å². The van der Waals surface area contributed by atoms with Crippen molar-refractivity contribution in [3.8, 4) is 5.75 Å². The van der Waals surface area contributed by atoms with Crippen LogP contribution in [0, 0.1) is 12.8 Å². The number of halogens is 2. The van der Waals surface area contributed by atoms with Crippen molar-refractivity contribution in [2.24, 2.45) is 5.92 Å². The number of carbonyl (C=O) groups is 2. The van der Waals surface area contributed by atoms with Crippen molar-refractivity contribution in [3.05, 3.63) is 124 Å². The molecule has 0 saturated heterocycles. The molecule has 2 amide bonds. The van der Waals surface area contributed by atoms with Gasteiger partial charge in [0.15, 0.2) is 0 Å². The quantitative estimate of drug-likeness (QED) is 0.155. The molecule has 0 fully saturated rings. The van der Waals surface area contributed by atoms with Gasteiger partial charge < -0.3 is 15.0 Å². The van der Waals surface area contributed by atoms with Crippen LogP contribution in [0.4, 0.5) is 5.69 Å². The highest BCUT2D eigenvalue weighted by molar-refractivity contribution is 7.92. The molecular weight excluding hydrogens is 657 g/mol. The number of aryl methyl sites for hydroxylation is 1. The molecule has 0 aliphatic heterocycles. The number of rotatable bonds is 14. The minimum atomic E-state index is -4.27. The lowest BCUT2D eigenvalue weighted by atomic mass is 10.0. The van der Waals surface area contributed by atoms with Gasteiger partial charge in [0.25, 0.3) is 10.0 Å². The van der Waals surface area contributed by atoms with E-state index in [1.54, 1.807) is 42.5 Å². The maximum atomic E-state index is 14.6. The summed E-state index contributed by atoms with van der Waals surface area (Å²) in [5.74, 6) is -0.399. The zero-order chi connectivity index (χ0) is 34.1. The summed E-state index contributed by atoms with van der Waals surface area (Å²) in [5.41, 5.74) is 2.61. The summed E-state index contributed by atoms with van der Waals surface area (Å²) >= 11 is 12.6. The predicted molar refractivity (Wildman–Crippen MR) is 187 cm³/mol. The molecule has 0 aliphatic rings. The average Bonchev–Trinajstić information content (AvgIpc) is 3.05. The Morgan fingerprint density at radius 2 is 1.53 bits per heavy atom. The molecule has 0 bridgehead atoms. The van der Waals surface area contributed by atoms with Crippen LogP contribution in [0.15, 0.2) is 102 Å². The fraction of sp³-hybridized carbons (Fsp3) is 0.278. The molecule has 4 aromatic rings. The molecule has 1 N–H and O–H groups in total. The molecule has 11 heteroatoms. The number of amides is 2. The van der Waals surface area contributed by atoms with E-state index in [0.29, 0.717) is 17.3 Å².